The molecule has 2 aromatic rings. The molecule has 1 amide bonds. The lowest BCUT2D eigenvalue weighted by Crippen LogP contribution is -2.26. The predicted molar refractivity (Wildman–Crippen MR) is 89.3 cm³/mol. The van der Waals surface area contributed by atoms with Crippen molar-refractivity contribution in [2.75, 3.05) is 32.7 Å². The number of pyridine rings is 1. The summed E-state index contributed by atoms with van der Waals surface area (Å²) >= 11 is 0. The fraction of sp³-hybridized carbons (Fsp3) is 0.294. The summed E-state index contributed by atoms with van der Waals surface area (Å²) in [5.41, 5.74) is 2.01. The van der Waals surface area contributed by atoms with Gasteiger partial charge in [0.25, 0.3) is 5.91 Å². The highest BCUT2D eigenvalue weighted by atomic mass is 16.5. The van der Waals surface area contributed by atoms with Gasteiger partial charge < -0.3 is 20.1 Å². The molecule has 2 rings (SSSR count). The fourth-order valence-electron chi connectivity index (χ4n) is 2.01. The van der Waals surface area contributed by atoms with Gasteiger partial charge in [-0.1, -0.05) is 12.1 Å². The fourth-order valence-corrected chi connectivity index (χ4v) is 2.01. The van der Waals surface area contributed by atoms with Crippen molar-refractivity contribution in [3.8, 4) is 5.75 Å². The Labute approximate surface area is 135 Å². The zero-order valence-electron chi connectivity index (χ0n) is 13.3. The third-order valence-electron chi connectivity index (χ3n) is 3.19. The van der Waals surface area contributed by atoms with Gasteiger partial charge in [0.05, 0.1) is 24.7 Å². The van der Waals surface area contributed by atoms with Crippen LogP contribution >= 0.6 is 0 Å². The quantitative estimate of drug-likeness (QED) is 0.733. The van der Waals surface area contributed by atoms with Gasteiger partial charge in [0.2, 0.25) is 0 Å². The Morgan fingerprint density at radius 1 is 1.17 bits per heavy atom. The van der Waals surface area contributed by atoms with E-state index < -0.39 is 0 Å². The van der Waals surface area contributed by atoms with Gasteiger partial charge in [-0.2, -0.15) is 0 Å². The number of hydrogen-bond donors (Lipinski definition) is 2. The number of aromatic nitrogens is 1. The van der Waals surface area contributed by atoms with Crippen LogP contribution in [-0.4, -0.2) is 38.3 Å². The molecular formula is C17H21N3O3. The lowest BCUT2D eigenvalue weighted by molar-refractivity contribution is 0.0943. The molecule has 23 heavy (non-hydrogen) atoms. The monoisotopic (exact) mass is 315 g/mol. The van der Waals surface area contributed by atoms with E-state index in [2.05, 4.69) is 15.6 Å². The second kappa shape index (κ2) is 8.75. The molecule has 122 valence electrons. The minimum atomic E-state index is -0.190. The van der Waals surface area contributed by atoms with Crippen molar-refractivity contribution in [1.29, 1.82) is 0 Å². The number of ether oxygens (including phenoxy) is 2. The Morgan fingerprint density at radius 2 is 2.00 bits per heavy atom. The Bertz CT molecular complexity index is 629. The lowest BCUT2D eigenvalue weighted by atomic mass is 10.2. The second-order valence-electron chi connectivity index (χ2n) is 4.86. The second-order valence-corrected chi connectivity index (χ2v) is 4.86. The van der Waals surface area contributed by atoms with Gasteiger partial charge in [-0.25, -0.2) is 4.98 Å². The van der Waals surface area contributed by atoms with Crippen molar-refractivity contribution in [1.82, 2.24) is 10.3 Å². The van der Waals surface area contributed by atoms with Crippen molar-refractivity contribution in [2.45, 2.75) is 6.42 Å². The first-order valence-corrected chi connectivity index (χ1v) is 7.38. The molecule has 6 nitrogen and oxygen atoms in total. The van der Waals surface area contributed by atoms with E-state index in [-0.39, 0.29) is 5.91 Å². The maximum Gasteiger partial charge on any atom is 0.269 e. The summed E-state index contributed by atoms with van der Waals surface area (Å²) in [6.07, 6.45) is 2.40. The summed E-state index contributed by atoms with van der Waals surface area (Å²) < 4.78 is 10.2. The van der Waals surface area contributed by atoms with Gasteiger partial charge in [0.15, 0.2) is 0 Å². The summed E-state index contributed by atoms with van der Waals surface area (Å²) in [4.78, 5) is 16.1. The molecule has 0 atom stereocenters. The van der Waals surface area contributed by atoms with E-state index in [0.717, 1.165) is 23.5 Å². The van der Waals surface area contributed by atoms with Crippen LogP contribution in [0.2, 0.25) is 0 Å². The van der Waals surface area contributed by atoms with Crippen LogP contribution in [0.3, 0.4) is 0 Å². The van der Waals surface area contributed by atoms with E-state index >= 15 is 0 Å². The predicted octanol–water partition coefficient (Wildman–Crippen LogP) is 2.60. The number of nitrogens with one attached hydrogen (secondary N) is 2. The minimum absolute atomic E-state index is 0.190. The molecule has 2 N–H and O–H groups in total. The standard InChI is InChI=1S/C17H21N3O3/c1-22-11-5-10-18-17(21)15-9-8-13(12-19-15)20-14-6-3-4-7-16(14)23-2/h3-4,6-9,12,20H,5,10-11H2,1-2H3,(H,18,21). The summed E-state index contributed by atoms with van der Waals surface area (Å²) in [5.74, 6) is 0.553. The van der Waals surface area contributed by atoms with Crippen molar-refractivity contribution in [3.63, 3.8) is 0 Å². The van der Waals surface area contributed by atoms with Gasteiger partial charge in [-0.3, -0.25) is 4.79 Å². The van der Waals surface area contributed by atoms with E-state index in [1.165, 1.54) is 0 Å². The maximum absolute atomic E-state index is 11.9. The third kappa shape index (κ3) is 4.96. The van der Waals surface area contributed by atoms with E-state index in [1.54, 1.807) is 26.5 Å². The molecule has 0 bridgehead atoms. The lowest BCUT2D eigenvalue weighted by Gasteiger charge is -2.11. The number of benzene rings is 1. The van der Waals surface area contributed by atoms with Gasteiger partial charge in [0, 0.05) is 20.3 Å². The third-order valence-corrected chi connectivity index (χ3v) is 3.19. The molecule has 0 aliphatic rings. The van der Waals surface area contributed by atoms with Crippen LogP contribution < -0.4 is 15.4 Å². The Hall–Kier alpha value is -2.60. The molecule has 0 saturated carbocycles. The topological polar surface area (TPSA) is 72.5 Å². The number of methoxy groups -OCH3 is 2. The molecule has 0 radical (unpaired) electrons. The number of hydrogen-bond acceptors (Lipinski definition) is 5. The van der Waals surface area contributed by atoms with E-state index in [1.807, 2.05) is 30.3 Å². The highest BCUT2D eigenvalue weighted by Crippen LogP contribution is 2.26. The number of amides is 1. The molecule has 1 aromatic heterocycles. The molecule has 0 fully saturated rings. The highest BCUT2D eigenvalue weighted by molar-refractivity contribution is 5.92. The molecule has 1 aromatic carbocycles. The SMILES string of the molecule is COCCCNC(=O)c1ccc(Nc2ccccc2OC)cn1. The average Bonchev–Trinajstić information content (AvgIpc) is 2.59. The molecule has 1 heterocycles. The zero-order chi connectivity index (χ0) is 16.5. The molecule has 0 unspecified atom stereocenters. The Morgan fingerprint density at radius 3 is 2.70 bits per heavy atom. The van der Waals surface area contributed by atoms with E-state index in [0.29, 0.717) is 18.8 Å². The molecule has 6 heteroatoms. The van der Waals surface area contributed by atoms with Crippen LogP contribution in [0.15, 0.2) is 42.6 Å². The first kappa shape index (κ1) is 16.8. The van der Waals surface area contributed by atoms with Gasteiger partial charge >= 0.3 is 0 Å². The van der Waals surface area contributed by atoms with Gasteiger partial charge in [-0.05, 0) is 30.7 Å². The number of rotatable bonds is 8. The van der Waals surface area contributed by atoms with Crippen LogP contribution in [0.4, 0.5) is 11.4 Å². The van der Waals surface area contributed by atoms with Crippen LogP contribution in [0.25, 0.3) is 0 Å². The molecule has 0 aliphatic heterocycles. The first-order chi connectivity index (χ1) is 11.2. The number of nitrogens with zero attached hydrogens (tertiary/aromatic N) is 1. The van der Waals surface area contributed by atoms with Crippen LogP contribution in [0, 0.1) is 0 Å². The largest absolute Gasteiger partial charge is 0.495 e. The summed E-state index contributed by atoms with van der Waals surface area (Å²) in [5, 5.41) is 6.01. The first-order valence-electron chi connectivity index (χ1n) is 7.38. The van der Waals surface area contributed by atoms with E-state index in [4.69, 9.17) is 9.47 Å². The smallest absolute Gasteiger partial charge is 0.269 e. The maximum atomic E-state index is 11.9. The van der Waals surface area contributed by atoms with E-state index in [9.17, 15) is 4.79 Å². The summed E-state index contributed by atoms with van der Waals surface area (Å²) in [6.45, 7) is 1.19. The van der Waals surface area contributed by atoms with Crippen molar-refractivity contribution in [2.24, 2.45) is 0 Å². The molecule has 0 saturated heterocycles. The number of carbonyl (C=O) groups excluding carboxylic acids is 1. The molecule has 0 aliphatic carbocycles. The van der Waals surface area contributed by atoms with Gasteiger partial charge in [-0.15, -0.1) is 0 Å². The zero-order valence-corrected chi connectivity index (χ0v) is 13.3. The summed E-state index contributed by atoms with van der Waals surface area (Å²) in [7, 11) is 3.26. The Kier molecular flexibility index (Phi) is 6.38. The van der Waals surface area contributed by atoms with Crippen LogP contribution in [0.5, 0.6) is 5.75 Å². The van der Waals surface area contributed by atoms with Crippen LogP contribution in [0.1, 0.15) is 16.9 Å². The van der Waals surface area contributed by atoms with Crippen molar-refractivity contribution >= 4 is 17.3 Å². The highest BCUT2D eigenvalue weighted by Gasteiger charge is 2.07. The van der Waals surface area contributed by atoms with Crippen LogP contribution in [-0.2, 0) is 4.74 Å². The summed E-state index contributed by atoms with van der Waals surface area (Å²) in [6, 6.07) is 11.1. The molecular weight excluding hydrogens is 294 g/mol. The minimum Gasteiger partial charge on any atom is -0.495 e. The number of anilines is 2. The normalized spacial score (nSPS) is 10.2. The van der Waals surface area contributed by atoms with Gasteiger partial charge in [0.1, 0.15) is 11.4 Å². The molecule has 0 spiro atoms. The van der Waals surface area contributed by atoms with Crippen molar-refractivity contribution < 1.29 is 14.3 Å². The number of para-hydroxylation sites is 2. The Balaban J connectivity index is 1.95. The average molecular weight is 315 g/mol. The number of carbonyl (C=O) groups is 1. The van der Waals surface area contributed by atoms with Crippen molar-refractivity contribution in [3.05, 3.63) is 48.3 Å².